The third-order valence-electron chi connectivity index (χ3n) is 3.64. The van der Waals surface area contributed by atoms with Gasteiger partial charge in [0.15, 0.2) is 0 Å². The predicted octanol–water partition coefficient (Wildman–Crippen LogP) is 2.03. The number of rotatable bonds is 7. The average Bonchev–Trinajstić information content (AvgIpc) is 2.61. The molecule has 2 rings (SSSR count). The molecule has 24 heavy (non-hydrogen) atoms. The maximum Gasteiger partial charge on any atom is 0.134 e. The maximum absolute atomic E-state index is 9.33. The molecule has 2 N–H and O–H groups in total. The molecule has 0 atom stereocenters. The van der Waals surface area contributed by atoms with Gasteiger partial charge in [0.05, 0.1) is 19.3 Å². The van der Waals surface area contributed by atoms with Gasteiger partial charge in [-0.15, -0.1) is 0 Å². The zero-order valence-corrected chi connectivity index (χ0v) is 13.9. The summed E-state index contributed by atoms with van der Waals surface area (Å²) < 4.78 is 5.31. The molecule has 0 aliphatic carbocycles. The molecule has 0 fully saturated rings. The van der Waals surface area contributed by atoms with Crippen molar-refractivity contribution in [3.8, 4) is 17.6 Å². The van der Waals surface area contributed by atoms with Crippen LogP contribution in [-0.2, 0) is 13.1 Å². The van der Waals surface area contributed by atoms with Crippen molar-refractivity contribution in [1.82, 2.24) is 4.90 Å². The Morgan fingerprint density at radius 2 is 1.75 bits per heavy atom. The van der Waals surface area contributed by atoms with Crippen LogP contribution in [0.15, 0.2) is 48.5 Å². The molecular formula is C20H23NO3. The Hall–Kier alpha value is -2.32. The number of hydrogen-bond acceptors (Lipinski definition) is 4. The van der Waals surface area contributed by atoms with Gasteiger partial charge in [-0.2, -0.15) is 0 Å². The Bertz CT molecular complexity index is 689. The highest BCUT2D eigenvalue weighted by molar-refractivity contribution is 5.48. The van der Waals surface area contributed by atoms with Crippen LogP contribution in [0.2, 0.25) is 0 Å². The Morgan fingerprint density at radius 3 is 2.42 bits per heavy atom. The van der Waals surface area contributed by atoms with E-state index in [-0.39, 0.29) is 13.2 Å². The lowest BCUT2D eigenvalue weighted by atomic mass is 10.1. The fraction of sp³-hybridized carbons (Fsp3) is 0.300. The van der Waals surface area contributed by atoms with Crippen LogP contribution in [0.3, 0.4) is 0 Å². The summed E-state index contributed by atoms with van der Waals surface area (Å²) in [6.07, 6.45) is 0. The monoisotopic (exact) mass is 325 g/mol. The smallest absolute Gasteiger partial charge is 0.134 e. The molecule has 2 aromatic rings. The van der Waals surface area contributed by atoms with Gasteiger partial charge in [0.1, 0.15) is 12.4 Å². The van der Waals surface area contributed by atoms with Crippen molar-refractivity contribution in [1.29, 1.82) is 0 Å². The molecule has 0 saturated carbocycles. The standard InChI is InChI=1S/C20H23NO3/c1-24-20-10-9-18(14-19(20)8-5-12-22)16-21(11-13-23)15-17-6-3-2-4-7-17/h2-4,6-7,9-10,14,22-23H,11-13,15-16H2,1H3. The minimum absolute atomic E-state index is 0.111. The molecule has 0 aromatic heterocycles. The first-order valence-corrected chi connectivity index (χ1v) is 7.90. The summed E-state index contributed by atoms with van der Waals surface area (Å²) in [5.74, 6) is 6.26. The van der Waals surface area contributed by atoms with Gasteiger partial charge in [-0.3, -0.25) is 4.90 Å². The molecule has 0 aliphatic rings. The van der Waals surface area contributed by atoms with Crippen LogP contribution >= 0.6 is 0 Å². The van der Waals surface area contributed by atoms with Crippen molar-refractivity contribution in [2.45, 2.75) is 13.1 Å². The molecule has 0 bridgehead atoms. The zero-order chi connectivity index (χ0) is 17.2. The molecule has 4 heteroatoms. The van der Waals surface area contributed by atoms with E-state index in [1.54, 1.807) is 7.11 Å². The molecule has 0 spiro atoms. The fourth-order valence-corrected chi connectivity index (χ4v) is 2.54. The summed E-state index contributed by atoms with van der Waals surface area (Å²) in [5.41, 5.74) is 3.05. The average molecular weight is 325 g/mol. The normalized spacial score (nSPS) is 10.3. The van der Waals surface area contributed by atoms with Crippen LogP contribution in [0.5, 0.6) is 5.75 Å². The van der Waals surface area contributed by atoms with Gasteiger partial charge in [-0.1, -0.05) is 48.2 Å². The summed E-state index contributed by atoms with van der Waals surface area (Å²) in [6, 6.07) is 16.0. The third-order valence-corrected chi connectivity index (χ3v) is 3.64. The zero-order valence-electron chi connectivity index (χ0n) is 13.9. The molecule has 0 amide bonds. The molecule has 0 saturated heterocycles. The lowest BCUT2D eigenvalue weighted by molar-refractivity contribution is 0.184. The fourth-order valence-electron chi connectivity index (χ4n) is 2.54. The largest absolute Gasteiger partial charge is 0.495 e. The number of aliphatic hydroxyl groups excluding tert-OH is 2. The Morgan fingerprint density at radius 1 is 1.00 bits per heavy atom. The van der Waals surface area contributed by atoms with Crippen LogP contribution in [0, 0.1) is 11.8 Å². The third kappa shape index (κ3) is 5.39. The lowest BCUT2D eigenvalue weighted by Gasteiger charge is -2.22. The summed E-state index contributed by atoms with van der Waals surface area (Å²) >= 11 is 0. The van der Waals surface area contributed by atoms with E-state index in [1.165, 1.54) is 5.56 Å². The van der Waals surface area contributed by atoms with Gasteiger partial charge in [-0.25, -0.2) is 0 Å². The van der Waals surface area contributed by atoms with Crippen LogP contribution in [-0.4, -0.2) is 42.0 Å². The minimum Gasteiger partial charge on any atom is -0.495 e. The highest BCUT2D eigenvalue weighted by Gasteiger charge is 2.09. The second-order valence-electron chi connectivity index (χ2n) is 5.41. The van der Waals surface area contributed by atoms with Crippen LogP contribution < -0.4 is 4.74 Å². The number of ether oxygens (including phenoxy) is 1. The van der Waals surface area contributed by atoms with Gasteiger partial charge in [0, 0.05) is 19.6 Å². The number of aliphatic hydroxyl groups is 2. The molecular weight excluding hydrogens is 302 g/mol. The van der Waals surface area contributed by atoms with Crippen LogP contribution in [0.25, 0.3) is 0 Å². The number of nitrogens with zero attached hydrogens (tertiary/aromatic N) is 1. The minimum atomic E-state index is -0.183. The predicted molar refractivity (Wildman–Crippen MR) is 94.6 cm³/mol. The van der Waals surface area contributed by atoms with Gasteiger partial charge in [0.2, 0.25) is 0 Å². The summed E-state index contributed by atoms with van der Waals surface area (Å²) in [4.78, 5) is 2.18. The SMILES string of the molecule is COc1ccc(CN(CCO)Cc2ccccc2)cc1C#CCO. The Labute approximate surface area is 143 Å². The van der Waals surface area contributed by atoms with Crippen LogP contribution in [0.1, 0.15) is 16.7 Å². The first-order chi connectivity index (χ1) is 11.8. The first kappa shape index (κ1) is 18.0. The van der Waals surface area contributed by atoms with Crippen molar-refractivity contribution < 1.29 is 14.9 Å². The number of benzene rings is 2. The van der Waals surface area contributed by atoms with E-state index < -0.39 is 0 Å². The van der Waals surface area contributed by atoms with E-state index in [1.807, 2.05) is 36.4 Å². The molecule has 0 unspecified atom stereocenters. The number of hydrogen-bond donors (Lipinski definition) is 2. The molecule has 0 aliphatic heterocycles. The van der Waals surface area contributed by atoms with E-state index >= 15 is 0 Å². The van der Waals surface area contributed by atoms with Crippen molar-refractivity contribution in [3.05, 3.63) is 65.2 Å². The van der Waals surface area contributed by atoms with E-state index in [0.29, 0.717) is 18.8 Å². The summed E-state index contributed by atoms with van der Waals surface area (Å²) in [6.45, 7) is 2.00. The van der Waals surface area contributed by atoms with E-state index in [9.17, 15) is 5.11 Å². The van der Waals surface area contributed by atoms with Gasteiger partial charge in [0.25, 0.3) is 0 Å². The summed E-state index contributed by atoms with van der Waals surface area (Å²) in [5, 5.41) is 18.2. The molecule has 0 radical (unpaired) electrons. The van der Waals surface area contributed by atoms with E-state index in [0.717, 1.165) is 17.7 Å². The van der Waals surface area contributed by atoms with Crippen LogP contribution in [0.4, 0.5) is 0 Å². The van der Waals surface area contributed by atoms with Crippen molar-refractivity contribution in [2.24, 2.45) is 0 Å². The molecule has 126 valence electrons. The molecule has 4 nitrogen and oxygen atoms in total. The highest BCUT2D eigenvalue weighted by atomic mass is 16.5. The molecule has 0 heterocycles. The van der Waals surface area contributed by atoms with Gasteiger partial charge >= 0.3 is 0 Å². The second kappa shape index (κ2) is 9.74. The lowest BCUT2D eigenvalue weighted by Crippen LogP contribution is -2.26. The van der Waals surface area contributed by atoms with Crippen molar-refractivity contribution in [2.75, 3.05) is 26.9 Å². The van der Waals surface area contributed by atoms with E-state index in [4.69, 9.17) is 9.84 Å². The van der Waals surface area contributed by atoms with Gasteiger partial charge < -0.3 is 14.9 Å². The van der Waals surface area contributed by atoms with Gasteiger partial charge in [-0.05, 0) is 23.3 Å². The Balaban J connectivity index is 2.16. The molecule has 2 aromatic carbocycles. The van der Waals surface area contributed by atoms with Crippen molar-refractivity contribution in [3.63, 3.8) is 0 Å². The second-order valence-corrected chi connectivity index (χ2v) is 5.41. The van der Waals surface area contributed by atoms with Crippen molar-refractivity contribution >= 4 is 0 Å². The number of methoxy groups -OCH3 is 1. The quantitative estimate of drug-likeness (QED) is 0.765. The topological polar surface area (TPSA) is 52.9 Å². The maximum atomic E-state index is 9.33. The Kier molecular flexibility index (Phi) is 7.31. The highest BCUT2D eigenvalue weighted by Crippen LogP contribution is 2.20. The summed E-state index contributed by atoms with van der Waals surface area (Å²) in [7, 11) is 1.60. The first-order valence-electron chi connectivity index (χ1n) is 7.90. The van der Waals surface area contributed by atoms with E-state index in [2.05, 4.69) is 28.9 Å².